The van der Waals surface area contributed by atoms with Gasteiger partial charge in [-0.3, -0.25) is 9.48 Å². The Labute approximate surface area is 139 Å². The van der Waals surface area contributed by atoms with E-state index in [1.54, 1.807) is 10.9 Å². The number of nitrogens with zero attached hydrogens (tertiary/aromatic N) is 2. The SMILES string of the molecule is Cn1cc([C@H]2CNC[C@@H]2C(=O)NCCc2cccc(F)c2F)cn1. The largest absolute Gasteiger partial charge is 0.355 e. The Hall–Kier alpha value is -2.28. The van der Waals surface area contributed by atoms with Gasteiger partial charge in [-0.1, -0.05) is 12.1 Å². The van der Waals surface area contributed by atoms with Crippen LogP contribution in [0.25, 0.3) is 0 Å². The normalized spacial score (nSPS) is 20.3. The predicted molar refractivity (Wildman–Crippen MR) is 85.4 cm³/mol. The van der Waals surface area contributed by atoms with Crippen molar-refractivity contribution in [3.63, 3.8) is 0 Å². The number of aromatic nitrogens is 2. The molecule has 1 saturated heterocycles. The molecule has 3 rings (SSSR count). The molecule has 1 aromatic carbocycles. The Balaban J connectivity index is 1.57. The molecule has 5 nitrogen and oxygen atoms in total. The first-order valence-corrected chi connectivity index (χ1v) is 7.96. The zero-order valence-corrected chi connectivity index (χ0v) is 13.4. The van der Waals surface area contributed by atoms with Crippen LogP contribution in [-0.2, 0) is 18.3 Å². The number of rotatable bonds is 5. The second kappa shape index (κ2) is 7.09. The number of hydrogen-bond donors (Lipinski definition) is 2. The highest BCUT2D eigenvalue weighted by atomic mass is 19.2. The van der Waals surface area contributed by atoms with Crippen molar-refractivity contribution in [3.8, 4) is 0 Å². The standard InChI is InChI=1S/C17H20F2N4O/c1-23-10-12(7-22-23)13-8-20-9-14(13)17(24)21-6-5-11-3-2-4-15(18)16(11)19/h2-4,7,10,13-14,20H,5-6,8-9H2,1H3,(H,21,24)/t13-,14+/m1/s1. The van der Waals surface area contributed by atoms with Crippen LogP contribution >= 0.6 is 0 Å². The lowest BCUT2D eigenvalue weighted by atomic mass is 9.90. The van der Waals surface area contributed by atoms with Crippen molar-refractivity contribution < 1.29 is 13.6 Å². The first-order valence-electron chi connectivity index (χ1n) is 7.96. The third-order valence-corrected chi connectivity index (χ3v) is 4.43. The van der Waals surface area contributed by atoms with E-state index in [0.717, 1.165) is 18.2 Å². The van der Waals surface area contributed by atoms with Crippen LogP contribution in [0.5, 0.6) is 0 Å². The van der Waals surface area contributed by atoms with Gasteiger partial charge < -0.3 is 10.6 Å². The predicted octanol–water partition coefficient (Wildman–Crippen LogP) is 1.36. The fraction of sp³-hybridized carbons (Fsp3) is 0.412. The monoisotopic (exact) mass is 334 g/mol. The number of amides is 1. The van der Waals surface area contributed by atoms with Gasteiger partial charge in [0.1, 0.15) is 0 Å². The minimum atomic E-state index is -0.865. The van der Waals surface area contributed by atoms with E-state index in [9.17, 15) is 13.6 Å². The van der Waals surface area contributed by atoms with Crippen molar-refractivity contribution in [1.29, 1.82) is 0 Å². The van der Waals surface area contributed by atoms with Gasteiger partial charge in [-0.15, -0.1) is 0 Å². The molecule has 1 amide bonds. The number of halogens is 2. The highest BCUT2D eigenvalue weighted by molar-refractivity contribution is 5.80. The molecule has 2 aromatic rings. The third-order valence-electron chi connectivity index (χ3n) is 4.43. The summed E-state index contributed by atoms with van der Waals surface area (Å²) in [6.07, 6.45) is 3.95. The lowest BCUT2D eigenvalue weighted by molar-refractivity contribution is -0.124. The maximum atomic E-state index is 13.6. The van der Waals surface area contributed by atoms with Gasteiger partial charge >= 0.3 is 0 Å². The summed E-state index contributed by atoms with van der Waals surface area (Å²) in [5.74, 6) is -1.90. The second-order valence-corrected chi connectivity index (χ2v) is 6.07. The Morgan fingerprint density at radius 3 is 3.00 bits per heavy atom. The van der Waals surface area contributed by atoms with Crippen LogP contribution in [0, 0.1) is 17.6 Å². The lowest BCUT2D eigenvalue weighted by Gasteiger charge is -2.17. The van der Waals surface area contributed by atoms with E-state index >= 15 is 0 Å². The topological polar surface area (TPSA) is 59.0 Å². The van der Waals surface area contributed by atoms with Crippen LogP contribution in [0.4, 0.5) is 8.78 Å². The summed E-state index contributed by atoms with van der Waals surface area (Å²) in [5, 5.41) is 10.2. The van der Waals surface area contributed by atoms with Gasteiger partial charge in [0, 0.05) is 38.8 Å². The number of carbonyl (C=O) groups excluding carboxylic acids is 1. The van der Waals surface area contributed by atoms with E-state index in [1.165, 1.54) is 12.1 Å². The van der Waals surface area contributed by atoms with Crippen LogP contribution in [0.15, 0.2) is 30.6 Å². The second-order valence-electron chi connectivity index (χ2n) is 6.07. The molecule has 0 radical (unpaired) electrons. The molecular weight excluding hydrogens is 314 g/mol. The van der Waals surface area contributed by atoms with Gasteiger partial charge in [-0.2, -0.15) is 5.10 Å². The molecule has 1 aromatic heterocycles. The summed E-state index contributed by atoms with van der Waals surface area (Å²) in [6, 6.07) is 4.08. The van der Waals surface area contributed by atoms with Crippen molar-refractivity contribution >= 4 is 5.91 Å². The van der Waals surface area contributed by atoms with Crippen LogP contribution in [0.2, 0.25) is 0 Å². The summed E-state index contributed by atoms with van der Waals surface area (Å²) in [6.45, 7) is 1.59. The third kappa shape index (κ3) is 3.46. The zero-order chi connectivity index (χ0) is 17.1. The molecule has 0 bridgehead atoms. The maximum absolute atomic E-state index is 13.6. The molecule has 1 aliphatic rings. The lowest BCUT2D eigenvalue weighted by Crippen LogP contribution is -2.35. The Kier molecular flexibility index (Phi) is 4.89. The van der Waals surface area contributed by atoms with E-state index in [0.29, 0.717) is 6.54 Å². The number of aryl methyl sites for hydroxylation is 1. The molecule has 0 saturated carbocycles. The summed E-state index contributed by atoms with van der Waals surface area (Å²) < 4.78 is 28.5. The maximum Gasteiger partial charge on any atom is 0.225 e. The first kappa shape index (κ1) is 16.6. The van der Waals surface area contributed by atoms with Crippen LogP contribution < -0.4 is 10.6 Å². The highest BCUT2D eigenvalue weighted by Gasteiger charge is 2.34. The zero-order valence-electron chi connectivity index (χ0n) is 13.4. The van der Waals surface area contributed by atoms with Crippen LogP contribution in [0.3, 0.4) is 0 Å². The molecule has 1 fully saturated rings. The molecule has 7 heteroatoms. The molecule has 24 heavy (non-hydrogen) atoms. The summed E-state index contributed by atoms with van der Waals surface area (Å²) >= 11 is 0. The van der Waals surface area contributed by atoms with E-state index in [4.69, 9.17) is 0 Å². The summed E-state index contributed by atoms with van der Waals surface area (Å²) in [4.78, 5) is 12.4. The fourth-order valence-corrected chi connectivity index (χ4v) is 3.13. The van der Waals surface area contributed by atoms with Crippen LogP contribution in [0.1, 0.15) is 17.0 Å². The van der Waals surface area contributed by atoms with E-state index in [1.807, 2.05) is 13.2 Å². The minimum Gasteiger partial charge on any atom is -0.355 e. The van der Waals surface area contributed by atoms with Crippen molar-refractivity contribution in [2.45, 2.75) is 12.3 Å². The Morgan fingerprint density at radius 2 is 2.25 bits per heavy atom. The van der Waals surface area contributed by atoms with Gasteiger partial charge in [0.25, 0.3) is 0 Å². The van der Waals surface area contributed by atoms with Crippen molar-refractivity contribution in [2.24, 2.45) is 13.0 Å². The van der Waals surface area contributed by atoms with Gasteiger partial charge in [0.15, 0.2) is 11.6 Å². The summed E-state index contributed by atoms with van der Waals surface area (Å²) in [5.41, 5.74) is 1.29. The van der Waals surface area contributed by atoms with Crippen molar-refractivity contribution in [3.05, 3.63) is 53.4 Å². The molecule has 0 aliphatic carbocycles. The molecule has 2 N–H and O–H groups in total. The Morgan fingerprint density at radius 1 is 1.42 bits per heavy atom. The van der Waals surface area contributed by atoms with E-state index < -0.39 is 11.6 Å². The van der Waals surface area contributed by atoms with Crippen LogP contribution in [-0.4, -0.2) is 35.3 Å². The molecule has 128 valence electrons. The average molecular weight is 334 g/mol. The minimum absolute atomic E-state index is 0.0737. The van der Waals surface area contributed by atoms with Gasteiger partial charge in [-0.05, 0) is 23.6 Å². The number of carbonyl (C=O) groups is 1. The molecule has 0 unspecified atom stereocenters. The van der Waals surface area contributed by atoms with Gasteiger partial charge in [0.05, 0.1) is 12.1 Å². The van der Waals surface area contributed by atoms with E-state index in [2.05, 4.69) is 15.7 Å². The Bertz CT molecular complexity index is 731. The quantitative estimate of drug-likeness (QED) is 0.868. The first-order chi connectivity index (χ1) is 11.6. The molecule has 2 atom stereocenters. The van der Waals surface area contributed by atoms with Crippen molar-refractivity contribution in [2.75, 3.05) is 19.6 Å². The van der Waals surface area contributed by atoms with Gasteiger partial charge in [0.2, 0.25) is 5.91 Å². The highest BCUT2D eigenvalue weighted by Crippen LogP contribution is 2.27. The fourth-order valence-electron chi connectivity index (χ4n) is 3.13. The van der Waals surface area contributed by atoms with Crippen molar-refractivity contribution in [1.82, 2.24) is 20.4 Å². The number of benzene rings is 1. The molecule has 0 spiro atoms. The molecular formula is C17H20F2N4O. The number of nitrogens with one attached hydrogen (secondary N) is 2. The van der Waals surface area contributed by atoms with E-state index in [-0.39, 0.29) is 36.3 Å². The van der Waals surface area contributed by atoms with Gasteiger partial charge in [-0.25, -0.2) is 8.78 Å². The molecule has 2 heterocycles. The number of hydrogen-bond acceptors (Lipinski definition) is 3. The average Bonchev–Trinajstić information content (AvgIpc) is 3.19. The smallest absolute Gasteiger partial charge is 0.225 e. The molecule has 1 aliphatic heterocycles. The summed E-state index contributed by atoms with van der Waals surface area (Å²) in [7, 11) is 1.84.